The van der Waals surface area contributed by atoms with Crippen molar-refractivity contribution in [3.8, 4) is 0 Å². The van der Waals surface area contributed by atoms with Gasteiger partial charge in [-0.2, -0.15) is 0 Å². The molecule has 3 rings (SSSR count). The van der Waals surface area contributed by atoms with E-state index in [1.807, 2.05) is 19.9 Å². The average Bonchev–Trinajstić information content (AvgIpc) is 2.80. The molecule has 0 radical (unpaired) electrons. The fourth-order valence-corrected chi connectivity index (χ4v) is 5.41. The van der Waals surface area contributed by atoms with Crippen molar-refractivity contribution in [1.29, 1.82) is 0 Å². The Kier molecular flexibility index (Phi) is 4.28. The van der Waals surface area contributed by atoms with Crippen LogP contribution in [0.3, 0.4) is 0 Å². The van der Waals surface area contributed by atoms with Crippen LogP contribution in [0.25, 0.3) is 0 Å². The lowest BCUT2D eigenvalue weighted by molar-refractivity contribution is -0.157. The summed E-state index contributed by atoms with van der Waals surface area (Å²) in [6, 6.07) is 0. The molecule has 0 aromatic carbocycles. The Labute approximate surface area is 144 Å². The quantitative estimate of drug-likeness (QED) is 0.714. The molecule has 0 spiro atoms. The minimum Gasteiger partial charge on any atom is -0.392 e. The number of rotatable bonds is 0. The number of aliphatic hydroxyl groups excluding tert-OH is 2. The highest BCUT2D eigenvalue weighted by atomic mass is 16.3. The minimum atomic E-state index is -0.843. The second-order valence-corrected chi connectivity index (χ2v) is 9.03. The van der Waals surface area contributed by atoms with Gasteiger partial charge in [-0.15, -0.1) is 0 Å². The smallest absolute Gasteiger partial charge is 0.164 e. The number of allylic oxidation sites excluding steroid dienone is 1. The molecule has 24 heavy (non-hydrogen) atoms. The van der Waals surface area contributed by atoms with Crippen LogP contribution in [0.1, 0.15) is 59.8 Å². The van der Waals surface area contributed by atoms with Crippen LogP contribution in [0.2, 0.25) is 0 Å². The molecule has 0 aromatic heterocycles. The summed E-state index contributed by atoms with van der Waals surface area (Å²) in [4.78, 5) is 25.6. The molecule has 0 aliphatic heterocycles. The highest BCUT2D eigenvalue weighted by Gasteiger charge is 2.56. The lowest BCUT2D eigenvalue weighted by atomic mass is 9.52. The van der Waals surface area contributed by atoms with Crippen molar-refractivity contribution < 1.29 is 19.8 Å². The van der Waals surface area contributed by atoms with E-state index in [1.165, 1.54) is 0 Å². The van der Waals surface area contributed by atoms with Crippen LogP contribution in [0.5, 0.6) is 0 Å². The van der Waals surface area contributed by atoms with Gasteiger partial charge in [0.15, 0.2) is 5.78 Å². The van der Waals surface area contributed by atoms with Crippen LogP contribution in [0, 0.1) is 28.6 Å². The monoisotopic (exact) mass is 334 g/mol. The molecule has 3 aliphatic carbocycles. The molecule has 1 saturated carbocycles. The Morgan fingerprint density at radius 2 is 1.79 bits per heavy atom. The van der Waals surface area contributed by atoms with Crippen LogP contribution in [0.15, 0.2) is 11.6 Å². The molecule has 0 saturated heterocycles. The van der Waals surface area contributed by atoms with E-state index >= 15 is 0 Å². The van der Waals surface area contributed by atoms with Crippen LogP contribution < -0.4 is 0 Å². The fourth-order valence-electron chi connectivity index (χ4n) is 5.41. The Morgan fingerprint density at radius 3 is 2.46 bits per heavy atom. The zero-order valence-corrected chi connectivity index (χ0v) is 15.2. The third-order valence-electron chi connectivity index (χ3n) is 7.28. The summed E-state index contributed by atoms with van der Waals surface area (Å²) in [5.74, 6) is -0.160. The SMILES string of the molecule is C[C@H]1C(=O)C2=C[C@H]1CCC(=O)[C@]1(C)[C@H](O)CCC(C)(C)[C@H]1C[C@H]2O. The van der Waals surface area contributed by atoms with Gasteiger partial charge in [-0.1, -0.05) is 26.8 Å². The molecule has 0 unspecified atom stereocenters. The van der Waals surface area contributed by atoms with E-state index in [0.29, 0.717) is 31.3 Å². The van der Waals surface area contributed by atoms with E-state index in [2.05, 4.69) is 13.8 Å². The van der Waals surface area contributed by atoms with Crippen molar-refractivity contribution in [3.63, 3.8) is 0 Å². The van der Waals surface area contributed by atoms with E-state index in [4.69, 9.17) is 0 Å². The van der Waals surface area contributed by atoms with Crippen molar-refractivity contribution >= 4 is 11.6 Å². The average molecular weight is 334 g/mol. The van der Waals surface area contributed by atoms with Crippen molar-refractivity contribution in [3.05, 3.63) is 11.6 Å². The van der Waals surface area contributed by atoms with Crippen molar-refractivity contribution in [2.45, 2.75) is 72.0 Å². The topological polar surface area (TPSA) is 74.6 Å². The van der Waals surface area contributed by atoms with Gasteiger partial charge < -0.3 is 10.2 Å². The molecule has 0 amide bonds. The van der Waals surface area contributed by atoms with Gasteiger partial charge in [0.25, 0.3) is 0 Å². The van der Waals surface area contributed by atoms with Crippen LogP contribution in [-0.2, 0) is 9.59 Å². The minimum absolute atomic E-state index is 0.0257. The Hall–Kier alpha value is -1.00. The van der Waals surface area contributed by atoms with E-state index in [0.717, 1.165) is 6.42 Å². The van der Waals surface area contributed by atoms with Gasteiger partial charge in [0.05, 0.1) is 17.6 Å². The van der Waals surface area contributed by atoms with Gasteiger partial charge in [0.2, 0.25) is 0 Å². The summed E-state index contributed by atoms with van der Waals surface area (Å²) in [7, 11) is 0. The maximum atomic E-state index is 13.1. The van der Waals surface area contributed by atoms with Crippen molar-refractivity contribution in [2.75, 3.05) is 0 Å². The molecule has 0 aromatic rings. The van der Waals surface area contributed by atoms with E-state index in [1.54, 1.807) is 0 Å². The molecular formula is C20H30O4. The van der Waals surface area contributed by atoms with E-state index < -0.39 is 17.6 Å². The molecule has 2 N–H and O–H groups in total. The summed E-state index contributed by atoms with van der Waals surface area (Å²) in [5.41, 5.74) is -0.469. The normalized spacial score (nSPS) is 45.6. The van der Waals surface area contributed by atoms with E-state index in [9.17, 15) is 19.8 Å². The molecule has 1 fully saturated rings. The second kappa shape index (κ2) is 5.77. The standard InChI is InChI=1S/C20H30O4/c1-11-12-5-6-16(22)20(4)15(19(2,3)8-7-17(20)23)10-14(21)13(9-12)18(11)24/h9,11-12,14-15,17,21,23H,5-8,10H2,1-4H3/t11-,12-,14-,15-,17-,20-/m1/s1. The first-order valence-electron chi connectivity index (χ1n) is 9.24. The van der Waals surface area contributed by atoms with E-state index in [-0.39, 0.29) is 34.7 Å². The maximum Gasteiger partial charge on any atom is 0.164 e. The number of Topliss-reactive ketones (excluding diaryl/α,β-unsaturated/α-hetero) is 2. The molecule has 0 heterocycles. The van der Waals surface area contributed by atoms with Crippen molar-refractivity contribution in [2.24, 2.45) is 28.6 Å². The summed E-state index contributed by atoms with van der Waals surface area (Å²) < 4.78 is 0. The zero-order chi connectivity index (χ0) is 17.9. The summed E-state index contributed by atoms with van der Waals surface area (Å²) in [6.45, 7) is 7.99. The predicted octanol–water partition coefficient (Wildman–Crippen LogP) is 2.67. The third-order valence-corrected chi connectivity index (χ3v) is 7.28. The van der Waals surface area contributed by atoms with Gasteiger partial charge in [-0.25, -0.2) is 0 Å². The fraction of sp³-hybridized carbons (Fsp3) is 0.800. The summed E-state index contributed by atoms with van der Waals surface area (Å²) in [5, 5.41) is 21.5. The highest BCUT2D eigenvalue weighted by Crippen LogP contribution is 2.55. The van der Waals surface area contributed by atoms with Crippen LogP contribution in [-0.4, -0.2) is 34.0 Å². The van der Waals surface area contributed by atoms with Gasteiger partial charge in [0, 0.05) is 17.9 Å². The number of hydrogen-bond acceptors (Lipinski definition) is 4. The number of fused-ring (bicyclic) bond motifs is 2. The third kappa shape index (κ3) is 2.50. The Balaban J connectivity index is 2.05. The van der Waals surface area contributed by atoms with Gasteiger partial charge in [-0.3, -0.25) is 9.59 Å². The largest absolute Gasteiger partial charge is 0.392 e. The molecule has 134 valence electrons. The van der Waals surface area contributed by atoms with Gasteiger partial charge in [0.1, 0.15) is 5.78 Å². The molecule has 2 bridgehead atoms. The van der Waals surface area contributed by atoms with Crippen molar-refractivity contribution in [1.82, 2.24) is 0 Å². The zero-order valence-electron chi connectivity index (χ0n) is 15.2. The molecule has 3 aliphatic rings. The predicted molar refractivity (Wildman–Crippen MR) is 91.2 cm³/mol. The van der Waals surface area contributed by atoms with Crippen LogP contribution in [0.4, 0.5) is 0 Å². The number of aliphatic hydroxyl groups is 2. The highest BCUT2D eigenvalue weighted by molar-refractivity contribution is 6.00. The first kappa shape index (κ1) is 17.8. The summed E-state index contributed by atoms with van der Waals surface area (Å²) in [6.07, 6.45) is 3.20. The number of ketones is 2. The molecular weight excluding hydrogens is 304 g/mol. The van der Waals surface area contributed by atoms with Crippen LogP contribution >= 0.6 is 0 Å². The first-order valence-corrected chi connectivity index (χ1v) is 9.24. The second-order valence-electron chi connectivity index (χ2n) is 9.03. The molecule has 6 atom stereocenters. The Bertz CT molecular complexity index is 590. The Morgan fingerprint density at radius 1 is 1.12 bits per heavy atom. The van der Waals surface area contributed by atoms with Gasteiger partial charge in [-0.05, 0) is 49.9 Å². The molecule has 4 nitrogen and oxygen atoms in total. The maximum absolute atomic E-state index is 13.1. The number of hydrogen-bond donors (Lipinski definition) is 2. The van der Waals surface area contributed by atoms with Gasteiger partial charge >= 0.3 is 0 Å². The molecule has 4 heteroatoms. The number of carbonyl (C=O) groups is 2. The summed E-state index contributed by atoms with van der Waals surface area (Å²) >= 11 is 0. The lowest BCUT2D eigenvalue weighted by Crippen LogP contribution is -2.55. The first-order chi connectivity index (χ1) is 11.1. The number of carbonyl (C=O) groups excluding carboxylic acids is 2. The lowest BCUT2D eigenvalue weighted by Gasteiger charge is -2.53.